The van der Waals surface area contributed by atoms with Gasteiger partial charge in [-0.2, -0.15) is 0 Å². The topological polar surface area (TPSA) is 84.2 Å². The number of hydrogen-bond donors (Lipinski definition) is 3. The first-order chi connectivity index (χ1) is 10.1. The van der Waals surface area contributed by atoms with E-state index in [0.717, 1.165) is 18.4 Å². The van der Waals surface area contributed by atoms with Gasteiger partial charge in [-0.1, -0.05) is 17.7 Å². The summed E-state index contributed by atoms with van der Waals surface area (Å²) in [5.74, 6) is 0.356. The van der Waals surface area contributed by atoms with Crippen molar-refractivity contribution in [2.75, 3.05) is 13.1 Å². The zero-order chi connectivity index (χ0) is 15.2. The van der Waals surface area contributed by atoms with Crippen LogP contribution < -0.4 is 16.4 Å². The maximum atomic E-state index is 11.8. The van der Waals surface area contributed by atoms with E-state index in [-0.39, 0.29) is 17.9 Å². The summed E-state index contributed by atoms with van der Waals surface area (Å²) < 4.78 is 0. The lowest BCUT2D eigenvalue weighted by Crippen LogP contribution is -2.37. The van der Waals surface area contributed by atoms with E-state index in [2.05, 4.69) is 10.6 Å². The van der Waals surface area contributed by atoms with Gasteiger partial charge in [-0.05, 0) is 37.8 Å². The molecule has 0 aliphatic heterocycles. The van der Waals surface area contributed by atoms with Gasteiger partial charge in [-0.15, -0.1) is 0 Å². The maximum absolute atomic E-state index is 11.8. The Balaban J connectivity index is 1.61. The van der Waals surface area contributed by atoms with Gasteiger partial charge >= 0.3 is 0 Å². The number of hydrogen-bond acceptors (Lipinski definition) is 3. The molecule has 0 radical (unpaired) electrons. The van der Waals surface area contributed by atoms with Crippen molar-refractivity contribution in [1.82, 2.24) is 10.6 Å². The average molecular weight is 289 g/mol. The van der Waals surface area contributed by atoms with Crippen molar-refractivity contribution in [2.45, 2.75) is 32.2 Å². The highest BCUT2D eigenvalue weighted by molar-refractivity contribution is 5.94. The molecule has 1 aromatic carbocycles. The molecule has 4 N–H and O–H groups in total. The lowest BCUT2D eigenvalue weighted by atomic mass is 10.1. The van der Waals surface area contributed by atoms with E-state index >= 15 is 0 Å². The van der Waals surface area contributed by atoms with Crippen LogP contribution in [0, 0.1) is 12.8 Å². The molecule has 5 nitrogen and oxygen atoms in total. The summed E-state index contributed by atoms with van der Waals surface area (Å²) in [6, 6.07) is 7.36. The molecule has 1 atom stereocenters. The quantitative estimate of drug-likeness (QED) is 0.654. The third-order valence-electron chi connectivity index (χ3n) is 3.70. The van der Waals surface area contributed by atoms with E-state index in [0.29, 0.717) is 31.0 Å². The molecule has 2 amide bonds. The zero-order valence-corrected chi connectivity index (χ0v) is 12.4. The highest BCUT2D eigenvalue weighted by atomic mass is 16.2. The number of amides is 2. The van der Waals surface area contributed by atoms with Crippen molar-refractivity contribution in [1.29, 1.82) is 0 Å². The number of benzene rings is 1. The molecule has 1 aliphatic carbocycles. The number of rotatable bonds is 7. The largest absolute Gasteiger partial charge is 0.354 e. The van der Waals surface area contributed by atoms with Gasteiger partial charge in [0.25, 0.3) is 5.91 Å². The van der Waals surface area contributed by atoms with Crippen molar-refractivity contribution in [3.05, 3.63) is 35.4 Å². The first kappa shape index (κ1) is 15.5. The predicted molar refractivity (Wildman–Crippen MR) is 81.8 cm³/mol. The summed E-state index contributed by atoms with van der Waals surface area (Å²) >= 11 is 0. The average Bonchev–Trinajstić information content (AvgIpc) is 3.28. The van der Waals surface area contributed by atoms with Crippen LogP contribution in [0.3, 0.4) is 0 Å². The molecule has 1 saturated carbocycles. The first-order valence-corrected chi connectivity index (χ1v) is 7.43. The van der Waals surface area contributed by atoms with Gasteiger partial charge in [0.15, 0.2) is 0 Å². The highest BCUT2D eigenvalue weighted by Crippen LogP contribution is 2.32. The standard InChI is InChI=1S/C16H23N3O2/c1-11-2-4-13(5-3-11)16(21)19-9-8-18-15(20)10-14(17)12-6-7-12/h2-5,12,14H,6-10,17H2,1H3,(H,18,20)(H,19,21). The molecular formula is C16H23N3O2. The van der Waals surface area contributed by atoms with Gasteiger partial charge in [0.1, 0.15) is 0 Å². The molecule has 0 aromatic heterocycles. The number of nitrogens with two attached hydrogens (primary N) is 1. The van der Waals surface area contributed by atoms with Crippen molar-refractivity contribution in [3.8, 4) is 0 Å². The number of nitrogens with one attached hydrogen (secondary N) is 2. The third kappa shape index (κ3) is 5.19. The van der Waals surface area contributed by atoms with Gasteiger partial charge in [0.2, 0.25) is 5.91 Å². The van der Waals surface area contributed by atoms with E-state index in [1.807, 2.05) is 19.1 Å². The van der Waals surface area contributed by atoms with Crippen molar-refractivity contribution in [3.63, 3.8) is 0 Å². The molecule has 0 bridgehead atoms. The molecule has 5 heteroatoms. The molecule has 114 valence electrons. The summed E-state index contributed by atoms with van der Waals surface area (Å²) in [5.41, 5.74) is 7.63. The van der Waals surface area contributed by atoms with Crippen LogP contribution >= 0.6 is 0 Å². The Morgan fingerprint density at radius 1 is 1.19 bits per heavy atom. The normalized spacial score (nSPS) is 15.3. The summed E-state index contributed by atoms with van der Waals surface area (Å²) in [7, 11) is 0. The van der Waals surface area contributed by atoms with Crippen LogP contribution in [0.15, 0.2) is 24.3 Å². The van der Waals surface area contributed by atoms with Crippen LogP contribution in [0.25, 0.3) is 0 Å². The Morgan fingerprint density at radius 3 is 2.43 bits per heavy atom. The number of aryl methyl sites for hydroxylation is 1. The van der Waals surface area contributed by atoms with Gasteiger partial charge < -0.3 is 16.4 Å². The molecule has 21 heavy (non-hydrogen) atoms. The minimum Gasteiger partial charge on any atom is -0.354 e. The first-order valence-electron chi connectivity index (χ1n) is 7.43. The fourth-order valence-corrected chi connectivity index (χ4v) is 2.16. The lowest BCUT2D eigenvalue weighted by Gasteiger charge is -2.11. The van der Waals surface area contributed by atoms with Gasteiger partial charge in [0, 0.05) is 31.1 Å². The Labute approximate surface area is 125 Å². The van der Waals surface area contributed by atoms with Gasteiger partial charge in [-0.25, -0.2) is 0 Å². The Kier molecular flexibility index (Phi) is 5.33. The van der Waals surface area contributed by atoms with Gasteiger partial charge in [0.05, 0.1) is 0 Å². The fraction of sp³-hybridized carbons (Fsp3) is 0.500. The summed E-state index contributed by atoms with van der Waals surface area (Å²) in [6.07, 6.45) is 2.65. The van der Waals surface area contributed by atoms with Crippen LogP contribution in [0.4, 0.5) is 0 Å². The second-order valence-corrected chi connectivity index (χ2v) is 5.68. The molecule has 2 rings (SSSR count). The molecule has 1 aliphatic rings. The second kappa shape index (κ2) is 7.22. The lowest BCUT2D eigenvalue weighted by molar-refractivity contribution is -0.121. The van der Waals surface area contributed by atoms with Crippen LogP contribution in [0.5, 0.6) is 0 Å². The number of carbonyl (C=O) groups is 2. The Bertz CT molecular complexity index is 495. The molecule has 0 heterocycles. The fourth-order valence-electron chi connectivity index (χ4n) is 2.16. The summed E-state index contributed by atoms with van der Waals surface area (Å²) in [5, 5.41) is 5.56. The highest BCUT2D eigenvalue weighted by Gasteiger charge is 2.29. The van der Waals surface area contributed by atoms with E-state index in [1.165, 1.54) is 0 Å². The van der Waals surface area contributed by atoms with Gasteiger partial charge in [-0.3, -0.25) is 9.59 Å². The van der Waals surface area contributed by atoms with Crippen LogP contribution in [-0.4, -0.2) is 30.9 Å². The third-order valence-corrected chi connectivity index (χ3v) is 3.70. The van der Waals surface area contributed by atoms with E-state index in [9.17, 15) is 9.59 Å². The molecule has 1 unspecified atom stereocenters. The van der Waals surface area contributed by atoms with Crippen LogP contribution in [0.1, 0.15) is 35.2 Å². The Morgan fingerprint density at radius 2 is 1.81 bits per heavy atom. The molecule has 1 fully saturated rings. The summed E-state index contributed by atoms with van der Waals surface area (Å²) in [6.45, 7) is 2.81. The van der Waals surface area contributed by atoms with Crippen LogP contribution in [-0.2, 0) is 4.79 Å². The van der Waals surface area contributed by atoms with E-state index in [1.54, 1.807) is 12.1 Å². The second-order valence-electron chi connectivity index (χ2n) is 5.68. The van der Waals surface area contributed by atoms with Crippen molar-refractivity contribution >= 4 is 11.8 Å². The van der Waals surface area contributed by atoms with E-state index < -0.39 is 0 Å². The Hall–Kier alpha value is -1.88. The van der Waals surface area contributed by atoms with E-state index in [4.69, 9.17) is 5.73 Å². The SMILES string of the molecule is Cc1ccc(C(=O)NCCNC(=O)CC(N)C2CC2)cc1. The molecular weight excluding hydrogens is 266 g/mol. The summed E-state index contributed by atoms with van der Waals surface area (Å²) in [4.78, 5) is 23.5. The molecule has 0 spiro atoms. The van der Waals surface area contributed by atoms with Crippen molar-refractivity contribution in [2.24, 2.45) is 11.7 Å². The smallest absolute Gasteiger partial charge is 0.251 e. The minimum absolute atomic E-state index is 0.0212. The number of carbonyl (C=O) groups excluding carboxylic acids is 2. The predicted octanol–water partition coefficient (Wildman–Crippen LogP) is 0.968. The zero-order valence-electron chi connectivity index (χ0n) is 12.4. The van der Waals surface area contributed by atoms with Crippen molar-refractivity contribution < 1.29 is 9.59 Å². The maximum Gasteiger partial charge on any atom is 0.251 e. The monoisotopic (exact) mass is 289 g/mol. The molecule has 0 saturated heterocycles. The molecule has 1 aromatic rings. The van der Waals surface area contributed by atoms with Crippen LogP contribution in [0.2, 0.25) is 0 Å². The minimum atomic E-state index is -0.126.